The van der Waals surface area contributed by atoms with Crippen LogP contribution in [-0.4, -0.2) is 52.6 Å². The summed E-state index contributed by atoms with van der Waals surface area (Å²) in [6, 6.07) is 0.156. The highest BCUT2D eigenvalue weighted by atomic mass is 16.4. The number of hydrogen-bond acceptors (Lipinski definition) is 5. The first-order valence-corrected chi connectivity index (χ1v) is 6.82. The molecule has 0 saturated carbocycles. The van der Waals surface area contributed by atoms with Gasteiger partial charge in [0.1, 0.15) is 5.82 Å². The monoisotopic (exact) mass is 280 g/mol. The van der Waals surface area contributed by atoms with Crippen molar-refractivity contribution in [3.63, 3.8) is 0 Å². The molecular formula is C14H24N4O2. The van der Waals surface area contributed by atoms with Gasteiger partial charge in [-0.3, -0.25) is 0 Å². The van der Waals surface area contributed by atoms with Gasteiger partial charge in [0.25, 0.3) is 0 Å². The van der Waals surface area contributed by atoms with E-state index in [1.165, 1.54) is 0 Å². The van der Waals surface area contributed by atoms with Crippen LogP contribution in [0.1, 0.15) is 49.4 Å². The van der Waals surface area contributed by atoms with Crippen LogP contribution in [0.3, 0.4) is 0 Å². The molecule has 112 valence electrons. The van der Waals surface area contributed by atoms with Gasteiger partial charge in [-0.2, -0.15) is 0 Å². The van der Waals surface area contributed by atoms with Gasteiger partial charge < -0.3 is 15.3 Å². The normalized spacial score (nSPS) is 12.8. The number of carbonyl (C=O) groups is 1. The second-order valence-electron chi connectivity index (χ2n) is 5.59. The maximum absolute atomic E-state index is 11.3. The average Bonchev–Trinajstić information content (AvgIpc) is 2.36. The first-order chi connectivity index (χ1) is 9.31. The molecule has 0 aromatic carbocycles. The molecule has 6 heteroatoms. The average molecular weight is 280 g/mol. The highest BCUT2D eigenvalue weighted by Crippen LogP contribution is 2.17. The lowest BCUT2D eigenvalue weighted by Crippen LogP contribution is -2.24. The van der Waals surface area contributed by atoms with E-state index in [9.17, 15) is 9.90 Å². The smallest absolute Gasteiger partial charge is 0.356 e. The number of aromatic nitrogens is 2. The predicted octanol–water partition coefficient (Wildman–Crippen LogP) is 2.05. The summed E-state index contributed by atoms with van der Waals surface area (Å²) in [4.78, 5) is 21.8. The number of nitrogens with zero attached hydrogens (tertiary/aromatic N) is 3. The van der Waals surface area contributed by atoms with Gasteiger partial charge in [0.15, 0.2) is 5.69 Å². The third kappa shape index (κ3) is 4.77. The van der Waals surface area contributed by atoms with Crippen molar-refractivity contribution in [1.82, 2.24) is 14.9 Å². The summed E-state index contributed by atoms with van der Waals surface area (Å²) in [5, 5.41) is 12.4. The molecule has 0 fully saturated rings. The van der Waals surface area contributed by atoms with Crippen molar-refractivity contribution in [2.45, 2.75) is 39.2 Å². The van der Waals surface area contributed by atoms with Crippen LogP contribution in [0, 0.1) is 0 Å². The van der Waals surface area contributed by atoms with Gasteiger partial charge >= 0.3 is 5.97 Å². The summed E-state index contributed by atoms with van der Waals surface area (Å²) in [5.74, 6) is -0.376. The van der Waals surface area contributed by atoms with Crippen LogP contribution < -0.4 is 5.32 Å². The van der Waals surface area contributed by atoms with E-state index in [4.69, 9.17) is 0 Å². The second kappa shape index (κ2) is 7.19. The Balaban J connectivity index is 2.86. The molecule has 1 atom stereocenters. The van der Waals surface area contributed by atoms with E-state index in [-0.39, 0.29) is 17.7 Å². The number of carboxylic acids is 1. The highest BCUT2D eigenvalue weighted by Gasteiger charge is 2.17. The first kappa shape index (κ1) is 16.4. The maximum atomic E-state index is 11.3. The molecular weight excluding hydrogens is 256 g/mol. The molecule has 0 aliphatic heterocycles. The van der Waals surface area contributed by atoms with Crippen LogP contribution in [0.4, 0.5) is 5.69 Å². The lowest BCUT2D eigenvalue weighted by atomic mass is 10.2. The minimum atomic E-state index is -1.03. The number of aromatic carboxylic acids is 1. The zero-order valence-electron chi connectivity index (χ0n) is 12.8. The maximum Gasteiger partial charge on any atom is 0.356 e. The van der Waals surface area contributed by atoms with Crippen molar-refractivity contribution >= 4 is 11.7 Å². The van der Waals surface area contributed by atoms with Gasteiger partial charge in [-0.05, 0) is 34.0 Å². The van der Waals surface area contributed by atoms with Gasteiger partial charge in [0, 0.05) is 12.0 Å². The highest BCUT2D eigenvalue weighted by molar-refractivity contribution is 5.91. The molecule has 1 unspecified atom stereocenters. The summed E-state index contributed by atoms with van der Waals surface area (Å²) in [5.41, 5.74) is 0.522. The molecule has 1 aromatic heterocycles. The van der Waals surface area contributed by atoms with Crippen molar-refractivity contribution in [3.05, 3.63) is 17.7 Å². The Bertz CT molecular complexity index is 460. The van der Waals surface area contributed by atoms with Crippen molar-refractivity contribution in [1.29, 1.82) is 0 Å². The van der Waals surface area contributed by atoms with E-state index in [0.717, 1.165) is 13.0 Å². The van der Waals surface area contributed by atoms with Gasteiger partial charge in [-0.25, -0.2) is 14.8 Å². The summed E-state index contributed by atoms with van der Waals surface area (Å²) < 4.78 is 0. The third-order valence-electron chi connectivity index (χ3n) is 2.94. The second-order valence-corrected chi connectivity index (χ2v) is 5.59. The fraction of sp³-hybridized carbons (Fsp3) is 0.643. The Morgan fingerprint density at radius 1 is 1.40 bits per heavy atom. The van der Waals surface area contributed by atoms with Gasteiger partial charge in [-0.1, -0.05) is 13.8 Å². The number of hydrogen-bond donors (Lipinski definition) is 2. The molecule has 2 N–H and O–H groups in total. The first-order valence-electron chi connectivity index (χ1n) is 6.82. The largest absolute Gasteiger partial charge is 0.476 e. The fourth-order valence-corrected chi connectivity index (χ4v) is 1.73. The standard InChI is InChI=1S/C14H24N4O2/c1-9(2)13-15-8-11(12(17-13)14(19)20)16-10(3)6-7-18(4)5/h8-10,16H,6-7H2,1-5H3,(H,19,20). The topological polar surface area (TPSA) is 78.3 Å². The zero-order chi connectivity index (χ0) is 15.3. The van der Waals surface area contributed by atoms with Crippen LogP contribution in [0.15, 0.2) is 6.20 Å². The molecule has 20 heavy (non-hydrogen) atoms. The Kier molecular flexibility index (Phi) is 5.88. The Labute approximate surface area is 120 Å². The van der Waals surface area contributed by atoms with E-state index < -0.39 is 5.97 Å². The molecule has 1 heterocycles. The lowest BCUT2D eigenvalue weighted by molar-refractivity contribution is 0.0691. The van der Waals surface area contributed by atoms with E-state index >= 15 is 0 Å². The lowest BCUT2D eigenvalue weighted by Gasteiger charge is -2.19. The predicted molar refractivity (Wildman–Crippen MR) is 79.3 cm³/mol. The van der Waals surface area contributed by atoms with E-state index in [1.807, 2.05) is 34.9 Å². The molecule has 1 rings (SSSR count). The molecule has 0 aliphatic carbocycles. The van der Waals surface area contributed by atoms with Gasteiger partial charge in [0.2, 0.25) is 0 Å². The summed E-state index contributed by atoms with van der Waals surface area (Å²) in [6.07, 6.45) is 2.48. The summed E-state index contributed by atoms with van der Waals surface area (Å²) >= 11 is 0. The molecule has 6 nitrogen and oxygen atoms in total. The van der Waals surface area contributed by atoms with E-state index in [2.05, 4.69) is 20.2 Å². The number of nitrogens with one attached hydrogen (secondary N) is 1. The van der Waals surface area contributed by atoms with Crippen LogP contribution in [-0.2, 0) is 0 Å². The van der Waals surface area contributed by atoms with Crippen molar-refractivity contribution in [3.8, 4) is 0 Å². The molecule has 0 aliphatic rings. The summed E-state index contributed by atoms with van der Waals surface area (Å²) in [6.45, 7) is 6.83. The fourth-order valence-electron chi connectivity index (χ4n) is 1.73. The SMILES string of the molecule is CC(CCN(C)C)Nc1cnc(C(C)C)nc1C(=O)O. The third-order valence-corrected chi connectivity index (χ3v) is 2.94. The molecule has 1 aromatic rings. The Hall–Kier alpha value is -1.69. The quantitative estimate of drug-likeness (QED) is 0.796. The minimum absolute atomic E-state index is 0.0420. The van der Waals surface area contributed by atoms with Crippen LogP contribution >= 0.6 is 0 Å². The number of carboxylic acid groups (broad SMARTS) is 1. The molecule has 0 saturated heterocycles. The molecule has 0 amide bonds. The number of rotatable bonds is 7. The van der Waals surface area contributed by atoms with Gasteiger partial charge in [0.05, 0.1) is 11.9 Å². The van der Waals surface area contributed by atoms with Crippen molar-refractivity contribution in [2.75, 3.05) is 26.0 Å². The van der Waals surface area contributed by atoms with Crippen molar-refractivity contribution in [2.24, 2.45) is 0 Å². The van der Waals surface area contributed by atoms with E-state index in [1.54, 1.807) is 6.20 Å². The zero-order valence-corrected chi connectivity index (χ0v) is 12.8. The van der Waals surface area contributed by atoms with Crippen LogP contribution in [0.2, 0.25) is 0 Å². The number of anilines is 1. The van der Waals surface area contributed by atoms with Crippen LogP contribution in [0.25, 0.3) is 0 Å². The summed E-state index contributed by atoms with van der Waals surface area (Å²) in [7, 11) is 4.02. The van der Waals surface area contributed by atoms with Crippen LogP contribution in [0.5, 0.6) is 0 Å². The molecule has 0 spiro atoms. The minimum Gasteiger partial charge on any atom is -0.476 e. The molecule has 0 radical (unpaired) electrons. The molecule has 0 bridgehead atoms. The van der Waals surface area contributed by atoms with Gasteiger partial charge in [-0.15, -0.1) is 0 Å². The Morgan fingerprint density at radius 3 is 2.55 bits per heavy atom. The van der Waals surface area contributed by atoms with Crippen molar-refractivity contribution < 1.29 is 9.90 Å². The van der Waals surface area contributed by atoms with E-state index in [0.29, 0.717) is 11.5 Å². The Morgan fingerprint density at radius 2 is 2.05 bits per heavy atom.